The average Bonchev–Trinajstić information content (AvgIpc) is 3.31. The van der Waals surface area contributed by atoms with Gasteiger partial charge in [-0.2, -0.15) is 4.52 Å². The van der Waals surface area contributed by atoms with Crippen molar-refractivity contribution in [3.63, 3.8) is 0 Å². The summed E-state index contributed by atoms with van der Waals surface area (Å²) in [6, 6.07) is 12.3. The first-order valence-electron chi connectivity index (χ1n) is 8.13. The van der Waals surface area contributed by atoms with Crippen molar-refractivity contribution in [2.24, 2.45) is 7.05 Å². The fourth-order valence-electron chi connectivity index (χ4n) is 2.61. The minimum atomic E-state index is 0.683. The number of thioether (sulfide) groups is 1. The molecular formula is C16H17N9S. The van der Waals surface area contributed by atoms with Crippen molar-refractivity contribution >= 4 is 17.4 Å². The Bertz CT molecular complexity index is 995. The van der Waals surface area contributed by atoms with Crippen LogP contribution in [0, 0.1) is 0 Å². The van der Waals surface area contributed by atoms with Crippen molar-refractivity contribution in [1.82, 2.24) is 45.6 Å². The van der Waals surface area contributed by atoms with E-state index in [0.717, 1.165) is 39.8 Å². The second-order valence-electron chi connectivity index (χ2n) is 5.68. The molecule has 1 N–H and O–H groups in total. The SMILES string of the molecule is Cn1nnnc1SCCNCc1cc(-c2ccccc2)cn2nnnc12. The number of aryl methyl sites for hydroxylation is 1. The lowest BCUT2D eigenvalue weighted by atomic mass is 10.1. The van der Waals surface area contributed by atoms with Crippen LogP contribution in [0.5, 0.6) is 0 Å². The van der Waals surface area contributed by atoms with Gasteiger partial charge in [0.05, 0.1) is 0 Å². The lowest BCUT2D eigenvalue weighted by molar-refractivity contribution is 0.663. The summed E-state index contributed by atoms with van der Waals surface area (Å²) in [5.74, 6) is 0.869. The van der Waals surface area contributed by atoms with Gasteiger partial charge in [-0.05, 0) is 32.5 Å². The van der Waals surface area contributed by atoms with E-state index >= 15 is 0 Å². The van der Waals surface area contributed by atoms with Crippen molar-refractivity contribution in [2.75, 3.05) is 12.3 Å². The molecule has 0 fully saturated rings. The molecule has 0 saturated heterocycles. The predicted molar refractivity (Wildman–Crippen MR) is 97.4 cm³/mol. The fourth-order valence-corrected chi connectivity index (χ4v) is 3.36. The minimum Gasteiger partial charge on any atom is -0.312 e. The summed E-state index contributed by atoms with van der Waals surface area (Å²) in [6.07, 6.45) is 1.95. The molecule has 4 aromatic rings. The first kappa shape index (κ1) is 16.6. The van der Waals surface area contributed by atoms with E-state index in [0.29, 0.717) is 6.54 Å². The van der Waals surface area contributed by atoms with Gasteiger partial charge in [-0.15, -0.1) is 10.2 Å². The van der Waals surface area contributed by atoms with E-state index in [1.807, 2.05) is 31.4 Å². The summed E-state index contributed by atoms with van der Waals surface area (Å²) in [6.45, 7) is 1.50. The number of tetrazole rings is 2. The van der Waals surface area contributed by atoms with Crippen LogP contribution < -0.4 is 5.32 Å². The largest absolute Gasteiger partial charge is 0.312 e. The highest BCUT2D eigenvalue weighted by Crippen LogP contribution is 2.21. The van der Waals surface area contributed by atoms with Gasteiger partial charge in [0.25, 0.3) is 0 Å². The standard InChI is InChI=1S/C16H17N9S/c1-24-16(19-21-22-24)26-8-7-17-10-13-9-14(12-5-3-2-4-6-12)11-25-15(13)18-20-23-25/h2-6,9,11,17H,7-8,10H2,1H3. The molecule has 26 heavy (non-hydrogen) atoms. The maximum Gasteiger partial charge on any atom is 0.209 e. The van der Waals surface area contributed by atoms with Crippen molar-refractivity contribution in [3.8, 4) is 11.1 Å². The van der Waals surface area contributed by atoms with Crippen molar-refractivity contribution in [2.45, 2.75) is 11.7 Å². The predicted octanol–water partition coefficient (Wildman–Crippen LogP) is 1.20. The highest BCUT2D eigenvalue weighted by atomic mass is 32.2. The minimum absolute atomic E-state index is 0.683. The number of pyridine rings is 1. The highest BCUT2D eigenvalue weighted by molar-refractivity contribution is 7.99. The van der Waals surface area contributed by atoms with E-state index in [9.17, 15) is 0 Å². The molecule has 0 spiro atoms. The smallest absolute Gasteiger partial charge is 0.209 e. The first-order valence-corrected chi connectivity index (χ1v) is 9.12. The Balaban J connectivity index is 1.44. The maximum atomic E-state index is 4.13. The molecule has 0 aliphatic heterocycles. The van der Waals surface area contributed by atoms with Gasteiger partial charge in [-0.25, -0.2) is 4.68 Å². The molecule has 0 unspecified atom stereocenters. The van der Waals surface area contributed by atoms with Gasteiger partial charge in [0, 0.05) is 43.2 Å². The van der Waals surface area contributed by atoms with Crippen LogP contribution in [0.1, 0.15) is 5.56 Å². The van der Waals surface area contributed by atoms with Crippen molar-refractivity contribution in [3.05, 3.63) is 48.2 Å². The van der Waals surface area contributed by atoms with Crippen LogP contribution in [0.4, 0.5) is 0 Å². The Kier molecular flexibility index (Phi) is 4.84. The molecule has 0 aliphatic carbocycles. The topological polar surface area (TPSA) is 98.7 Å². The lowest BCUT2D eigenvalue weighted by Gasteiger charge is -2.08. The second-order valence-corrected chi connectivity index (χ2v) is 6.74. The van der Waals surface area contributed by atoms with Gasteiger partial charge in [0.1, 0.15) is 0 Å². The molecule has 9 nitrogen and oxygen atoms in total. The first-order chi connectivity index (χ1) is 12.8. The van der Waals surface area contributed by atoms with E-state index < -0.39 is 0 Å². The molecule has 10 heteroatoms. The van der Waals surface area contributed by atoms with Crippen LogP contribution in [-0.2, 0) is 13.6 Å². The Hall–Kier alpha value is -2.85. The van der Waals surface area contributed by atoms with Gasteiger partial charge < -0.3 is 5.32 Å². The van der Waals surface area contributed by atoms with E-state index in [4.69, 9.17) is 0 Å². The van der Waals surface area contributed by atoms with Gasteiger partial charge >= 0.3 is 0 Å². The average molecular weight is 367 g/mol. The van der Waals surface area contributed by atoms with Crippen LogP contribution in [-0.4, -0.2) is 52.5 Å². The van der Waals surface area contributed by atoms with Crippen LogP contribution in [0.3, 0.4) is 0 Å². The van der Waals surface area contributed by atoms with E-state index in [2.05, 4.69) is 54.6 Å². The third-order valence-corrected chi connectivity index (χ3v) is 4.90. The number of hydrogen-bond donors (Lipinski definition) is 1. The normalized spacial score (nSPS) is 11.3. The molecule has 0 saturated carbocycles. The lowest BCUT2D eigenvalue weighted by Crippen LogP contribution is -2.17. The molecule has 132 valence electrons. The van der Waals surface area contributed by atoms with E-state index in [1.54, 1.807) is 21.0 Å². The zero-order chi connectivity index (χ0) is 17.8. The molecule has 0 amide bonds. The summed E-state index contributed by atoms with van der Waals surface area (Å²) in [7, 11) is 1.83. The monoisotopic (exact) mass is 367 g/mol. The molecule has 3 aromatic heterocycles. The van der Waals surface area contributed by atoms with Gasteiger partial charge in [0.15, 0.2) is 5.65 Å². The van der Waals surface area contributed by atoms with E-state index in [-0.39, 0.29) is 0 Å². The number of benzene rings is 1. The zero-order valence-corrected chi connectivity index (χ0v) is 15.0. The molecule has 0 bridgehead atoms. The van der Waals surface area contributed by atoms with Crippen molar-refractivity contribution < 1.29 is 0 Å². The van der Waals surface area contributed by atoms with Crippen LogP contribution in [0.25, 0.3) is 16.8 Å². The molecule has 0 radical (unpaired) electrons. The van der Waals surface area contributed by atoms with Crippen molar-refractivity contribution in [1.29, 1.82) is 0 Å². The quantitative estimate of drug-likeness (QED) is 0.384. The highest BCUT2D eigenvalue weighted by Gasteiger charge is 2.09. The van der Waals surface area contributed by atoms with Crippen LogP contribution in [0.15, 0.2) is 47.8 Å². The van der Waals surface area contributed by atoms with Crippen LogP contribution >= 0.6 is 11.8 Å². The molecule has 3 heterocycles. The Morgan fingerprint density at radius 2 is 1.88 bits per heavy atom. The number of nitrogens with zero attached hydrogens (tertiary/aromatic N) is 8. The Morgan fingerprint density at radius 1 is 1.04 bits per heavy atom. The number of rotatable bonds is 7. The van der Waals surface area contributed by atoms with E-state index in [1.165, 1.54) is 0 Å². The summed E-state index contributed by atoms with van der Waals surface area (Å²) < 4.78 is 3.39. The molecule has 0 aliphatic rings. The molecule has 1 aromatic carbocycles. The summed E-state index contributed by atoms with van der Waals surface area (Å²) in [5.41, 5.74) is 4.04. The molecule has 4 rings (SSSR count). The summed E-state index contributed by atoms with van der Waals surface area (Å²) in [5, 5.41) is 27.6. The third-order valence-electron chi connectivity index (χ3n) is 3.88. The number of aromatic nitrogens is 8. The summed E-state index contributed by atoms with van der Waals surface area (Å²) in [4.78, 5) is 0. The summed E-state index contributed by atoms with van der Waals surface area (Å²) >= 11 is 1.61. The zero-order valence-electron chi connectivity index (χ0n) is 14.1. The third kappa shape index (κ3) is 3.55. The maximum absolute atomic E-state index is 4.13. The van der Waals surface area contributed by atoms with Crippen LogP contribution in [0.2, 0.25) is 0 Å². The Labute approximate surface area is 153 Å². The number of hydrogen-bond acceptors (Lipinski definition) is 8. The van der Waals surface area contributed by atoms with Gasteiger partial charge in [0.2, 0.25) is 5.16 Å². The van der Waals surface area contributed by atoms with Gasteiger partial charge in [-0.1, -0.05) is 42.1 Å². The fraction of sp³-hybridized carbons (Fsp3) is 0.250. The number of nitrogens with one attached hydrogen (secondary N) is 1. The van der Waals surface area contributed by atoms with Gasteiger partial charge in [-0.3, -0.25) is 0 Å². The number of fused-ring (bicyclic) bond motifs is 1. The second kappa shape index (κ2) is 7.58. The Morgan fingerprint density at radius 3 is 2.69 bits per heavy atom. The molecular weight excluding hydrogens is 350 g/mol. The molecule has 0 atom stereocenters.